The second-order valence-electron chi connectivity index (χ2n) is 3.72. The van der Waals surface area contributed by atoms with E-state index in [1.807, 2.05) is 0 Å². The Hall–Kier alpha value is -2.15. The summed E-state index contributed by atoms with van der Waals surface area (Å²) in [6.45, 7) is 1.76. The van der Waals surface area contributed by atoms with Crippen LogP contribution in [0.3, 0.4) is 0 Å². The minimum Gasteiger partial charge on any atom is -0.463 e. The van der Waals surface area contributed by atoms with Crippen LogP contribution in [0, 0.1) is 0 Å². The molecule has 20 heavy (non-hydrogen) atoms. The monoisotopic (exact) mass is 292 g/mol. The molecule has 0 fully saturated rings. The first-order valence-corrected chi connectivity index (χ1v) is 6.66. The van der Waals surface area contributed by atoms with Gasteiger partial charge < -0.3 is 9.15 Å². The smallest absolute Gasteiger partial charge is 0.375 e. The number of aromatic nitrogens is 2. The van der Waals surface area contributed by atoms with Crippen molar-refractivity contribution in [1.29, 1.82) is 0 Å². The number of ketones is 1. The topological polar surface area (TPSA) is 82.3 Å². The molecule has 2 aromatic heterocycles. The molecule has 2 heterocycles. The molecule has 0 N–H and O–H groups in total. The number of carbonyl (C=O) groups is 2. The highest BCUT2D eigenvalue weighted by Crippen LogP contribution is 2.29. The second-order valence-corrected chi connectivity index (χ2v) is 4.79. The summed E-state index contributed by atoms with van der Waals surface area (Å²) in [4.78, 5) is 31.7. The van der Waals surface area contributed by atoms with Gasteiger partial charge in [-0.1, -0.05) is 18.7 Å². The molecule has 0 amide bonds. The number of ether oxygens (including phenoxy) is 1. The van der Waals surface area contributed by atoms with E-state index in [9.17, 15) is 9.59 Å². The number of Topliss-reactive ketones (excluding diaryl/α,β-unsaturated/α-hetero) is 1. The van der Waals surface area contributed by atoms with Crippen LogP contribution in [0.25, 0.3) is 0 Å². The minimum absolute atomic E-state index is 0.0624. The van der Waals surface area contributed by atoms with Crippen molar-refractivity contribution < 1.29 is 18.7 Å². The van der Waals surface area contributed by atoms with Crippen LogP contribution in [0.4, 0.5) is 0 Å². The van der Waals surface area contributed by atoms with Gasteiger partial charge in [0.05, 0.1) is 30.7 Å². The zero-order chi connectivity index (χ0) is 14.5. The molecule has 0 bridgehead atoms. The Balaban J connectivity index is 2.17. The number of carbonyl (C=O) groups excluding carboxylic acids is 2. The number of hydrogen-bond donors (Lipinski definition) is 0. The molecule has 0 aliphatic heterocycles. The molecular weight excluding hydrogens is 280 g/mol. The summed E-state index contributed by atoms with van der Waals surface area (Å²) in [6.07, 6.45) is 4.69. The van der Waals surface area contributed by atoms with Gasteiger partial charge in [-0.15, -0.1) is 0 Å². The lowest BCUT2D eigenvalue weighted by Crippen LogP contribution is -2.02. The average molecular weight is 292 g/mol. The van der Waals surface area contributed by atoms with Gasteiger partial charge in [0.25, 0.3) is 0 Å². The van der Waals surface area contributed by atoms with E-state index < -0.39 is 5.97 Å². The first-order valence-electron chi connectivity index (χ1n) is 5.84. The van der Waals surface area contributed by atoms with Crippen LogP contribution in [0.2, 0.25) is 0 Å². The molecule has 7 heteroatoms. The SMILES string of the molecule is CCC(=O)c1cnc(Sc2ccoc2C(=O)OC)cn1. The van der Waals surface area contributed by atoms with Gasteiger partial charge in [-0.2, -0.15) is 0 Å². The van der Waals surface area contributed by atoms with Crippen molar-refractivity contribution in [2.75, 3.05) is 7.11 Å². The number of furan rings is 1. The van der Waals surface area contributed by atoms with Gasteiger partial charge in [-0.3, -0.25) is 4.79 Å². The van der Waals surface area contributed by atoms with Crippen LogP contribution in [0.15, 0.2) is 39.1 Å². The number of esters is 1. The first kappa shape index (κ1) is 14.3. The van der Waals surface area contributed by atoms with Crippen molar-refractivity contribution in [3.63, 3.8) is 0 Å². The van der Waals surface area contributed by atoms with Gasteiger partial charge in [0, 0.05) is 6.42 Å². The molecule has 0 atom stereocenters. The Bertz CT molecular complexity index is 622. The van der Waals surface area contributed by atoms with E-state index in [0.717, 1.165) is 0 Å². The zero-order valence-electron chi connectivity index (χ0n) is 11.0. The maximum atomic E-state index is 11.5. The Morgan fingerprint density at radius 2 is 2.15 bits per heavy atom. The van der Waals surface area contributed by atoms with Crippen LogP contribution >= 0.6 is 11.8 Å². The minimum atomic E-state index is -0.553. The largest absolute Gasteiger partial charge is 0.463 e. The molecule has 0 saturated heterocycles. The fourth-order valence-corrected chi connectivity index (χ4v) is 2.21. The summed E-state index contributed by atoms with van der Waals surface area (Å²) in [5.41, 5.74) is 0.331. The normalized spacial score (nSPS) is 10.3. The zero-order valence-corrected chi connectivity index (χ0v) is 11.8. The third-order valence-electron chi connectivity index (χ3n) is 2.45. The van der Waals surface area contributed by atoms with E-state index in [4.69, 9.17) is 4.42 Å². The maximum absolute atomic E-state index is 11.5. The summed E-state index contributed by atoms with van der Waals surface area (Å²) < 4.78 is 9.68. The third-order valence-corrected chi connectivity index (χ3v) is 3.41. The van der Waals surface area contributed by atoms with E-state index in [-0.39, 0.29) is 11.5 Å². The van der Waals surface area contributed by atoms with Crippen LogP contribution < -0.4 is 0 Å². The standard InChI is InChI=1S/C13H12N2O4S/c1-3-9(16)8-6-15-11(7-14-8)20-10-4-5-19-12(10)13(17)18-2/h4-7H,3H2,1-2H3. The molecule has 0 unspecified atom stereocenters. The Morgan fingerprint density at radius 3 is 2.75 bits per heavy atom. The molecule has 104 valence electrons. The second kappa shape index (κ2) is 6.33. The highest BCUT2D eigenvalue weighted by molar-refractivity contribution is 7.99. The van der Waals surface area contributed by atoms with Crippen LogP contribution in [-0.4, -0.2) is 28.8 Å². The number of hydrogen-bond acceptors (Lipinski definition) is 7. The predicted octanol–water partition coefficient (Wildman–Crippen LogP) is 2.60. The number of rotatable bonds is 5. The van der Waals surface area contributed by atoms with Crippen molar-refractivity contribution in [3.8, 4) is 0 Å². The van der Waals surface area contributed by atoms with E-state index in [0.29, 0.717) is 22.0 Å². The molecule has 0 radical (unpaired) electrons. The molecule has 0 aliphatic rings. The third kappa shape index (κ3) is 3.05. The van der Waals surface area contributed by atoms with Crippen molar-refractivity contribution >= 4 is 23.5 Å². The lowest BCUT2D eigenvalue weighted by Gasteiger charge is -2.01. The van der Waals surface area contributed by atoms with Crippen molar-refractivity contribution in [3.05, 3.63) is 36.2 Å². The van der Waals surface area contributed by atoms with E-state index in [2.05, 4.69) is 14.7 Å². The average Bonchev–Trinajstić information content (AvgIpc) is 2.94. The van der Waals surface area contributed by atoms with Crippen LogP contribution in [0.5, 0.6) is 0 Å². The Kier molecular flexibility index (Phi) is 4.52. The molecule has 6 nitrogen and oxygen atoms in total. The number of nitrogens with zero attached hydrogens (tertiary/aromatic N) is 2. The highest BCUT2D eigenvalue weighted by atomic mass is 32.2. The lowest BCUT2D eigenvalue weighted by molar-refractivity contribution is 0.0559. The van der Waals surface area contributed by atoms with Gasteiger partial charge in [0.2, 0.25) is 5.76 Å². The first-order chi connectivity index (χ1) is 9.65. The van der Waals surface area contributed by atoms with Crippen LogP contribution in [-0.2, 0) is 4.74 Å². The summed E-state index contributed by atoms with van der Waals surface area (Å²) in [6, 6.07) is 1.64. The predicted molar refractivity (Wildman–Crippen MR) is 70.8 cm³/mol. The van der Waals surface area contributed by atoms with Gasteiger partial charge in [-0.05, 0) is 6.07 Å². The van der Waals surface area contributed by atoms with Gasteiger partial charge in [0.1, 0.15) is 10.7 Å². The van der Waals surface area contributed by atoms with Crippen LogP contribution in [0.1, 0.15) is 34.4 Å². The van der Waals surface area contributed by atoms with E-state index >= 15 is 0 Å². The Morgan fingerprint density at radius 1 is 1.35 bits per heavy atom. The van der Waals surface area contributed by atoms with E-state index in [1.165, 1.54) is 37.5 Å². The molecule has 0 saturated carbocycles. The van der Waals surface area contributed by atoms with Gasteiger partial charge in [0.15, 0.2) is 5.78 Å². The maximum Gasteiger partial charge on any atom is 0.375 e. The summed E-state index contributed by atoms with van der Waals surface area (Å²) in [5, 5.41) is 0.559. The van der Waals surface area contributed by atoms with E-state index in [1.54, 1.807) is 13.0 Å². The van der Waals surface area contributed by atoms with Crippen molar-refractivity contribution in [2.45, 2.75) is 23.3 Å². The molecule has 2 rings (SSSR count). The fourth-order valence-electron chi connectivity index (χ4n) is 1.43. The Labute approximate surface area is 119 Å². The molecule has 0 aromatic carbocycles. The van der Waals surface area contributed by atoms with Crippen molar-refractivity contribution in [1.82, 2.24) is 9.97 Å². The molecule has 2 aromatic rings. The fraction of sp³-hybridized carbons (Fsp3) is 0.231. The molecular formula is C13H12N2O4S. The van der Waals surface area contributed by atoms with Crippen molar-refractivity contribution in [2.24, 2.45) is 0 Å². The highest BCUT2D eigenvalue weighted by Gasteiger charge is 2.17. The molecule has 0 spiro atoms. The number of methoxy groups -OCH3 is 1. The quantitative estimate of drug-likeness (QED) is 0.618. The summed E-state index contributed by atoms with van der Waals surface area (Å²) >= 11 is 1.21. The summed E-state index contributed by atoms with van der Waals surface area (Å²) in [7, 11) is 1.28. The van der Waals surface area contributed by atoms with Gasteiger partial charge in [-0.25, -0.2) is 14.8 Å². The summed E-state index contributed by atoms with van der Waals surface area (Å²) in [5.74, 6) is -0.496. The van der Waals surface area contributed by atoms with Gasteiger partial charge >= 0.3 is 5.97 Å². The lowest BCUT2D eigenvalue weighted by atomic mass is 10.2. The molecule has 0 aliphatic carbocycles.